The molecular weight excluding hydrogens is 290 g/mol. The average Bonchev–Trinajstić information content (AvgIpc) is 2.51. The van der Waals surface area contributed by atoms with Crippen LogP contribution in [0.15, 0.2) is 48.5 Å². The number of esters is 1. The van der Waals surface area contributed by atoms with Gasteiger partial charge in [0, 0.05) is 5.02 Å². The molecule has 0 unspecified atom stereocenters. The summed E-state index contributed by atoms with van der Waals surface area (Å²) in [5.74, 6) is 0.0169. The molecule has 0 saturated heterocycles. The van der Waals surface area contributed by atoms with Crippen molar-refractivity contribution in [2.45, 2.75) is 6.61 Å². The minimum absolute atomic E-state index is 0.104. The molecule has 0 amide bonds. The van der Waals surface area contributed by atoms with E-state index >= 15 is 0 Å². The molecule has 0 aliphatic rings. The van der Waals surface area contributed by atoms with Gasteiger partial charge in [0.05, 0.1) is 11.6 Å². The number of hydrogen-bond donors (Lipinski definition) is 0. The molecule has 106 valence electrons. The minimum atomic E-state index is -0.489. The molecule has 2 rings (SSSR count). The molecule has 0 aromatic heterocycles. The summed E-state index contributed by atoms with van der Waals surface area (Å²) < 4.78 is 10.3. The van der Waals surface area contributed by atoms with Crippen LogP contribution in [0.2, 0.25) is 5.02 Å². The molecule has 2 aromatic rings. The molecule has 2 aromatic carbocycles. The van der Waals surface area contributed by atoms with Crippen molar-refractivity contribution < 1.29 is 14.3 Å². The van der Waals surface area contributed by atoms with Gasteiger partial charge in [-0.05, 0) is 35.9 Å². The molecule has 0 atom stereocenters. The van der Waals surface area contributed by atoms with Crippen LogP contribution < -0.4 is 4.74 Å². The van der Waals surface area contributed by atoms with Crippen molar-refractivity contribution in [2.75, 3.05) is 6.61 Å². The molecule has 0 fully saturated rings. The molecule has 0 heterocycles. The summed E-state index contributed by atoms with van der Waals surface area (Å²) in [7, 11) is 0. The molecule has 0 aliphatic heterocycles. The Morgan fingerprint density at radius 3 is 2.76 bits per heavy atom. The van der Waals surface area contributed by atoms with Gasteiger partial charge in [-0.1, -0.05) is 29.8 Å². The van der Waals surface area contributed by atoms with E-state index in [1.165, 1.54) is 0 Å². The third kappa shape index (κ3) is 4.83. The monoisotopic (exact) mass is 301 g/mol. The minimum Gasteiger partial charge on any atom is -0.482 e. The van der Waals surface area contributed by atoms with Gasteiger partial charge in [0.15, 0.2) is 6.61 Å². The Hall–Kier alpha value is -2.51. The summed E-state index contributed by atoms with van der Waals surface area (Å²) in [6, 6.07) is 15.7. The van der Waals surface area contributed by atoms with E-state index < -0.39 is 5.97 Å². The fourth-order valence-electron chi connectivity index (χ4n) is 1.64. The van der Waals surface area contributed by atoms with Crippen LogP contribution in [0.5, 0.6) is 5.75 Å². The molecule has 0 radical (unpaired) electrons. The number of hydrogen-bond acceptors (Lipinski definition) is 4. The Balaban J connectivity index is 1.81. The van der Waals surface area contributed by atoms with Gasteiger partial charge in [0.2, 0.25) is 0 Å². The van der Waals surface area contributed by atoms with Crippen molar-refractivity contribution in [3.8, 4) is 11.8 Å². The van der Waals surface area contributed by atoms with Crippen LogP contribution in [0.1, 0.15) is 11.1 Å². The van der Waals surface area contributed by atoms with Crippen molar-refractivity contribution in [1.29, 1.82) is 5.26 Å². The number of carbonyl (C=O) groups is 1. The van der Waals surface area contributed by atoms with Crippen LogP contribution >= 0.6 is 11.6 Å². The van der Waals surface area contributed by atoms with Crippen LogP contribution in [-0.2, 0) is 16.1 Å². The highest BCUT2D eigenvalue weighted by Crippen LogP contribution is 2.17. The van der Waals surface area contributed by atoms with Gasteiger partial charge in [-0.15, -0.1) is 0 Å². The maximum Gasteiger partial charge on any atom is 0.344 e. The largest absolute Gasteiger partial charge is 0.482 e. The predicted octanol–water partition coefficient (Wildman–Crippen LogP) is 3.33. The smallest absolute Gasteiger partial charge is 0.344 e. The summed E-state index contributed by atoms with van der Waals surface area (Å²) in [5, 5.41) is 9.32. The highest BCUT2D eigenvalue weighted by molar-refractivity contribution is 6.30. The van der Waals surface area contributed by atoms with Crippen LogP contribution in [0.3, 0.4) is 0 Å². The maximum atomic E-state index is 11.6. The summed E-state index contributed by atoms with van der Waals surface area (Å²) in [5.41, 5.74) is 1.28. The van der Waals surface area contributed by atoms with Gasteiger partial charge in [0.1, 0.15) is 12.4 Å². The number of nitrogens with zero attached hydrogens (tertiary/aromatic N) is 1. The lowest BCUT2D eigenvalue weighted by Gasteiger charge is -2.07. The predicted molar refractivity (Wildman–Crippen MR) is 77.9 cm³/mol. The van der Waals surface area contributed by atoms with E-state index in [1.807, 2.05) is 6.07 Å². The maximum absolute atomic E-state index is 11.6. The van der Waals surface area contributed by atoms with Crippen molar-refractivity contribution in [1.82, 2.24) is 0 Å². The van der Waals surface area contributed by atoms with E-state index in [9.17, 15) is 4.79 Å². The molecule has 0 saturated carbocycles. The lowest BCUT2D eigenvalue weighted by molar-refractivity contribution is -0.147. The van der Waals surface area contributed by atoms with E-state index in [0.29, 0.717) is 16.3 Å². The third-order valence-corrected chi connectivity index (χ3v) is 2.84. The first-order chi connectivity index (χ1) is 10.2. The topological polar surface area (TPSA) is 59.3 Å². The summed E-state index contributed by atoms with van der Waals surface area (Å²) >= 11 is 5.81. The van der Waals surface area contributed by atoms with Gasteiger partial charge in [0.25, 0.3) is 0 Å². The van der Waals surface area contributed by atoms with Crippen molar-refractivity contribution in [3.05, 3.63) is 64.7 Å². The lowest BCUT2D eigenvalue weighted by Crippen LogP contribution is -2.14. The lowest BCUT2D eigenvalue weighted by atomic mass is 10.1. The molecule has 0 bridgehead atoms. The number of ether oxygens (including phenoxy) is 2. The number of carbonyl (C=O) groups excluding carboxylic acids is 1. The van der Waals surface area contributed by atoms with E-state index in [4.69, 9.17) is 26.3 Å². The first-order valence-corrected chi connectivity index (χ1v) is 6.58. The summed E-state index contributed by atoms with van der Waals surface area (Å²) in [6.07, 6.45) is 0. The van der Waals surface area contributed by atoms with Crippen molar-refractivity contribution in [2.24, 2.45) is 0 Å². The Kier molecular flexibility index (Phi) is 5.19. The molecule has 0 aliphatic carbocycles. The Morgan fingerprint density at radius 2 is 2.00 bits per heavy atom. The van der Waals surface area contributed by atoms with Crippen LogP contribution in [-0.4, -0.2) is 12.6 Å². The number of halogens is 1. The Morgan fingerprint density at radius 1 is 1.19 bits per heavy atom. The molecular formula is C16H12ClNO3. The van der Waals surface area contributed by atoms with E-state index in [-0.39, 0.29) is 13.2 Å². The Bertz CT molecular complexity index is 679. The molecule has 0 N–H and O–H groups in total. The summed E-state index contributed by atoms with van der Waals surface area (Å²) in [6.45, 7) is -0.0917. The highest BCUT2D eigenvalue weighted by atomic mass is 35.5. The van der Waals surface area contributed by atoms with Crippen LogP contribution in [0.4, 0.5) is 0 Å². The first-order valence-electron chi connectivity index (χ1n) is 6.20. The molecule has 5 heteroatoms. The van der Waals surface area contributed by atoms with Crippen LogP contribution in [0, 0.1) is 11.3 Å². The average molecular weight is 302 g/mol. The van der Waals surface area contributed by atoms with Gasteiger partial charge >= 0.3 is 5.97 Å². The van der Waals surface area contributed by atoms with Crippen molar-refractivity contribution in [3.63, 3.8) is 0 Å². The highest BCUT2D eigenvalue weighted by Gasteiger charge is 2.05. The number of benzene rings is 2. The fraction of sp³-hybridized carbons (Fsp3) is 0.125. The normalized spacial score (nSPS) is 9.71. The second kappa shape index (κ2) is 7.32. The zero-order chi connectivity index (χ0) is 15.1. The first kappa shape index (κ1) is 14.9. The fourth-order valence-corrected chi connectivity index (χ4v) is 1.82. The van der Waals surface area contributed by atoms with E-state index in [1.54, 1.807) is 48.5 Å². The standard InChI is InChI=1S/C16H12ClNO3/c17-14-5-2-6-15(8-14)20-11-16(19)21-10-13-4-1-3-12(7-13)9-18/h1-8H,10-11H2. The second-order valence-corrected chi connectivity index (χ2v) is 4.66. The van der Waals surface area contributed by atoms with Crippen molar-refractivity contribution >= 4 is 17.6 Å². The van der Waals surface area contributed by atoms with Gasteiger partial charge in [-0.2, -0.15) is 5.26 Å². The molecule has 0 spiro atoms. The molecule has 21 heavy (non-hydrogen) atoms. The second-order valence-electron chi connectivity index (χ2n) is 4.22. The van der Waals surface area contributed by atoms with Gasteiger partial charge in [-0.25, -0.2) is 4.79 Å². The van der Waals surface area contributed by atoms with Gasteiger partial charge < -0.3 is 9.47 Å². The third-order valence-electron chi connectivity index (χ3n) is 2.61. The van der Waals surface area contributed by atoms with E-state index in [2.05, 4.69) is 0 Å². The SMILES string of the molecule is N#Cc1cccc(COC(=O)COc2cccc(Cl)c2)c1. The number of nitriles is 1. The van der Waals surface area contributed by atoms with Gasteiger partial charge in [-0.3, -0.25) is 0 Å². The zero-order valence-electron chi connectivity index (χ0n) is 11.1. The number of rotatable bonds is 5. The van der Waals surface area contributed by atoms with E-state index in [0.717, 1.165) is 5.56 Å². The summed E-state index contributed by atoms with van der Waals surface area (Å²) in [4.78, 5) is 11.6. The Labute approximate surface area is 127 Å². The zero-order valence-corrected chi connectivity index (χ0v) is 11.8. The molecule has 4 nitrogen and oxygen atoms in total. The quantitative estimate of drug-likeness (QED) is 0.795. The van der Waals surface area contributed by atoms with Crippen LogP contribution in [0.25, 0.3) is 0 Å².